The molecule has 0 aliphatic heterocycles. The summed E-state index contributed by atoms with van der Waals surface area (Å²) in [6, 6.07) is 16.0. The smallest absolute Gasteiger partial charge is 0.257 e. The molecule has 7 nitrogen and oxygen atoms in total. The molecule has 1 heterocycles. The van der Waals surface area contributed by atoms with Gasteiger partial charge in [0.25, 0.3) is 11.8 Å². The largest absolute Gasteiger partial charge is 0.352 e. The van der Waals surface area contributed by atoms with Gasteiger partial charge in [-0.05, 0) is 36.8 Å². The third-order valence-corrected chi connectivity index (χ3v) is 4.97. The van der Waals surface area contributed by atoms with E-state index in [1.165, 1.54) is 11.3 Å². The molecule has 3 N–H and O–H groups in total. The van der Waals surface area contributed by atoms with Gasteiger partial charge >= 0.3 is 0 Å². The zero-order valence-corrected chi connectivity index (χ0v) is 17.3. The molecule has 0 aliphatic carbocycles. The molecule has 0 unspecified atom stereocenters. The maximum atomic E-state index is 12.2. The van der Waals surface area contributed by atoms with E-state index in [4.69, 9.17) is 0 Å². The highest BCUT2D eigenvalue weighted by atomic mass is 32.1. The fourth-order valence-electron chi connectivity index (χ4n) is 2.72. The summed E-state index contributed by atoms with van der Waals surface area (Å²) in [5.41, 5.74) is 2.52. The van der Waals surface area contributed by atoms with Gasteiger partial charge in [-0.1, -0.05) is 30.3 Å². The van der Waals surface area contributed by atoms with Crippen LogP contribution in [0.5, 0.6) is 0 Å². The highest BCUT2D eigenvalue weighted by molar-refractivity contribution is 7.14. The van der Waals surface area contributed by atoms with Crippen LogP contribution in [0.4, 0.5) is 5.13 Å². The number of nitrogens with one attached hydrogen (secondary N) is 3. The van der Waals surface area contributed by atoms with Crippen LogP contribution in [0.2, 0.25) is 0 Å². The van der Waals surface area contributed by atoms with Gasteiger partial charge in [-0.2, -0.15) is 0 Å². The maximum Gasteiger partial charge on any atom is 0.257 e. The van der Waals surface area contributed by atoms with Gasteiger partial charge in [0.2, 0.25) is 5.91 Å². The minimum Gasteiger partial charge on any atom is -0.352 e. The van der Waals surface area contributed by atoms with Gasteiger partial charge in [0.05, 0.1) is 12.1 Å². The second-order valence-electron chi connectivity index (χ2n) is 6.48. The van der Waals surface area contributed by atoms with E-state index in [-0.39, 0.29) is 24.1 Å². The number of aromatic nitrogens is 1. The second kappa shape index (κ2) is 10.3. The van der Waals surface area contributed by atoms with Crippen LogP contribution in [-0.4, -0.2) is 29.3 Å². The lowest BCUT2D eigenvalue weighted by Crippen LogP contribution is -2.25. The van der Waals surface area contributed by atoms with Crippen LogP contribution in [0.3, 0.4) is 0 Å². The molecule has 0 fully saturated rings. The molecule has 0 atom stereocenters. The number of thiazole rings is 1. The Morgan fingerprint density at radius 3 is 2.47 bits per heavy atom. The van der Waals surface area contributed by atoms with Crippen molar-refractivity contribution in [3.05, 3.63) is 82.4 Å². The summed E-state index contributed by atoms with van der Waals surface area (Å²) in [4.78, 5) is 40.6. The van der Waals surface area contributed by atoms with Crippen LogP contribution >= 0.6 is 11.3 Å². The highest BCUT2D eigenvalue weighted by Gasteiger charge is 2.11. The zero-order valence-electron chi connectivity index (χ0n) is 16.5. The molecule has 1 aromatic heterocycles. The molecule has 30 heavy (non-hydrogen) atoms. The predicted molar refractivity (Wildman–Crippen MR) is 117 cm³/mol. The minimum atomic E-state index is -0.243. The third-order valence-electron chi connectivity index (χ3n) is 4.17. The van der Waals surface area contributed by atoms with Crippen molar-refractivity contribution in [3.8, 4) is 0 Å². The van der Waals surface area contributed by atoms with E-state index in [1.807, 2.05) is 19.1 Å². The summed E-state index contributed by atoms with van der Waals surface area (Å²) in [6.45, 7) is 2.73. The lowest BCUT2D eigenvalue weighted by Gasteiger charge is -2.07. The van der Waals surface area contributed by atoms with Gasteiger partial charge in [-0.3, -0.25) is 19.7 Å². The molecular formula is C22H22N4O3S. The Balaban J connectivity index is 1.51. The first-order chi connectivity index (χ1) is 14.5. The van der Waals surface area contributed by atoms with Crippen molar-refractivity contribution in [1.29, 1.82) is 0 Å². The van der Waals surface area contributed by atoms with Crippen LogP contribution in [0.1, 0.15) is 38.9 Å². The molecule has 2 aromatic carbocycles. The molecule has 3 aromatic rings. The van der Waals surface area contributed by atoms with E-state index in [1.54, 1.807) is 47.8 Å². The van der Waals surface area contributed by atoms with Crippen molar-refractivity contribution < 1.29 is 14.4 Å². The summed E-state index contributed by atoms with van der Waals surface area (Å²) >= 11 is 1.27. The molecule has 0 spiro atoms. The molecule has 0 bridgehead atoms. The zero-order chi connectivity index (χ0) is 21.3. The molecule has 0 radical (unpaired) electrons. The standard InChI is InChI=1S/C22H22N4O3S/c1-2-23-20(28)17-10-6-7-15(11-17)13-24-19(27)12-18-14-30-22(25-18)26-21(29)16-8-4-3-5-9-16/h3-11,14H,2,12-13H2,1H3,(H,23,28)(H,24,27)(H,25,26,29). The summed E-state index contributed by atoms with van der Waals surface area (Å²) in [6.07, 6.45) is 0.105. The number of hydrogen-bond acceptors (Lipinski definition) is 5. The van der Waals surface area contributed by atoms with Crippen molar-refractivity contribution in [3.63, 3.8) is 0 Å². The molecule has 3 amide bonds. The van der Waals surface area contributed by atoms with E-state index >= 15 is 0 Å². The van der Waals surface area contributed by atoms with Crippen molar-refractivity contribution >= 4 is 34.2 Å². The summed E-state index contributed by atoms with van der Waals surface area (Å²) in [7, 11) is 0. The van der Waals surface area contributed by atoms with Crippen LogP contribution in [0, 0.1) is 0 Å². The third kappa shape index (κ3) is 5.99. The van der Waals surface area contributed by atoms with Crippen LogP contribution in [0.25, 0.3) is 0 Å². The van der Waals surface area contributed by atoms with Gasteiger partial charge < -0.3 is 10.6 Å². The Labute approximate surface area is 178 Å². The van der Waals surface area contributed by atoms with E-state index in [2.05, 4.69) is 20.9 Å². The quantitative estimate of drug-likeness (QED) is 0.520. The molecule has 154 valence electrons. The summed E-state index contributed by atoms with van der Waals surface area (Å²) in [5.74, 6) is -0.573. The molecule has 0 saturated heterocycles. The normalized spacial score (nSPS) is 10.3. The predicted octanol–water partition coefficient (Wildman–Crippen LogP) is 3.00. The van der Waals surface area contributed by atoms with Crippen LogP contribution < -0.4 is 16.0 Å². The molecule has 0 saturated carbocycles. The van der Waals surface area contributed by atoms with E-state index in [0.717, 1.165) is 5.56 Å². The molecule has 8 heteroatoms. The Morgan fingerprint density at radius 2 is 1.70 bits per heavy atom. The lowest BCUT2D eigenvalue weighted by molar-refractivity contribution is -0.120. The first-order valence-electron chi connectivity index (χ1n) is 9.50. The summed E-state index contributed by atoms with van der Waals surface area (Å²) < 4.78 is 0. The number of carbonyl (C=O) groups excluding carboxylic acids is 3. The Kier molecular flexibility index (Phi) is 7.29. The van der Waals surface area contributed by atoms with E-state index in [9.17, 15) is 14.4 Å². The van der Waals surface area contributed by atoms with Crippen LogP contribution in [0.15, 0.2) is 60.0 Å². The Hall–Kier alpha value is -3.52. The van der Waals surface area contributed by atoms with Gasteiger partial charge in [0, 0.05) is 29.6 Å². The van der Waals surface area contributed by atoms with Gasteiger partial charge in [0.15, 0.2) is 5.13 Å². The van der Waals surface area contributed by atoms with Crippen molar-refractivity contribution in [2.45, 2.75) is 19.9 Å². The van der Waals surface area contributed by atoms with Crippen molar-refractivity contribution in [2.75, 3.05) is 11.9 Å². The highest BCUT2D eigenvalue weighted by Crippen LogP contribution is 2.17. The number of nitrogens with zero attached hydrogens (tertiary/aromatic N) is 1. The number of rotatable bonds is 8. The lowest BCUT2D eigenvalue weighted by atomic mass is 10.1. The SMILES string of the molecule is CCNC(=O)c1cccc(CNC(=O)Cc2csc(NC(=O)c3ccccc3)n2)c1. The number of amides is 3. The number of hydrogen-bond donors (Lipinski definition) is 3. The minimum absolute atomic E-state index is 0.105. The number of anilines is 1. The first kappa shape index (κ1) is 21.2. The Morgan fingerprint density at radius 1 is 0.933 bits per heavy atom. The fraction of sp³-hybridized carbons (Fsp3) is 0.182. The Bertz CT molecular complexity index is 1030. The van der Waals surface area contributed by atoms with Crippen molar-refractivity contribution in [2.24, 2.45) is 0 Å². The maximum absolute atomic E-state index is 12.2. The van der Waals surface area contributed by atoms with Crippen molar-refractivity contribution in [1.82, 2.24) is 15.6 Å². The summed E-state index contributed by atoms with van der Waals surface area (Å²) in [5, 5.41) is 10.5. The molecule has 3 rings (SSSR count). The molecular weight excluding hydrogens is 400 g/mol. The second-order valence-corrected chi connectivity index (χ2v) is 7.34. The molecule has 0 aliphatic rings. The average molecular weight is 423 g/mol. The van der Waals surface area contributed by atoms with E-state index in [0.29, 0.717) is 35.0 Å². The average Bonchev–Trinajstić information content (AvgIpc) is 3.20. The van der Waals surface area contributed by atoms with Gasteiger partial charge in [-0.15, -0.1) is 11.3 Å². The monoisotopic (exact) mass is 422 g/mol. The van der Waals surface area contributed by atoms with Crippen LogP contribution in [-0.2, 0) is 17.8 Å². The fourth-order valence-corrected chi connectivity index (χ4v) is 3.42. The topological polar surface area (TPSA) is 100 Å². The number of benzene rings is 2. The number of carbonyl (C=O) groups is 3. The van der Waals surface area contributed by atoms with E-state index < -0.39 is 0 Å². The van der Waals surface area contributed by atoms with Gasteiger partial charge in [0.1, 0.15) is 0 Å². The first-order valence-corrected chi connectivity index (χ1v) is 10.4. The van der Waals surface area contributed by atoms with Gasteiger partial charge in [-0.25, -0.2) is 4.98 Å².